The second kappa shape index (κ2) is 6.91. The van der Waals surface area contributed by atoms with Crippen molar-refractivity contribution in [3.8, 4) is 0 Å². The minimum absolute atomic E-state index is 0.285. The molecule has 3 nitrogen and oxygen atoms in total. The predicted octanol–water partition coefficient (Wildman–Crippen LogP) is 3.70. The molecule has 2 N–H and O–H groups in total. The van der Waals surface area contributed by atoms with Gasteiger partial charge in [-0.3, -0.25) is 0 Å². The van der Waals surface area contributed by atoms with Crippen LogP contribution in [0.25, 0.3) is 0 Å². The van der Waals surface area contributed by atoms with Gasteiger partial charge in [0.2, 0.25) is 0 Å². The smallest absolute Gasteiger partial charge is 0.336 e. The van der Waals surface area contributed by atoms with Crippen molar-refractivity contribution in [3.05, 3.63) is 28.2 Å². The molecule has 0 fully saturated rings. The summed E-state index contributed by atoms with van der Waals surface area (Å²) >= 11 is 5.10. The first kappa shape index (κ1) is 14.4. The Morgan fingerprint density at radius 2 is 2.29 bits per heavy atom. The Hall–Kier alpha value is -0.680. The summed E-state index contributed by atoms with van der Waals surface area (Å²) in [6.07, 6.45) is 3.18. The van der Waals surface area contributed by atoms with E-state index in [1.807, 2.05) is 11.8 Å². The zero-order valence-electron chi connectivity index (χ0n) is 9.87. The quantitative estimate of drug-likeness (QED) is 0.840. The lowest BCUT2D eigenvalue weighted by molar-refractivity contribution is 0.0696. The molecule has 5 heteroatoms. The van der Waals surface area contributed by atoms with Gasteiger partial charge in [-0.2, -0.15) is 11.8 Å². The second-order valence-electron chi connectivity index (χ2n) is 3.76. The number of rotatable bonds is 6. The third-order valence-electron chi connectivity index (χ3n) is 2.48. The van der Waals surface area contributed by atoms with Crippen LogP contribution in [0.15, 0.2) is 22.7 Å². The van der Waals surface area contributed by atoms with Crippen molar-refractivity contribution in [1.29, 1.82) is 0 Å². The summed E-state index contributed by atoms with van der Waals surface area (Å²) < 4.78 is 0.605. The average molecular weight is 318 g/mol. The summed E-state index contributed by atoms with van der Waals surface area (Å²) in [5.74, 6) is -0.917. The third kappa shape index (κ3) is 4.60. The van der Waals surface area contributed by atoms with Gasteiger partial charge in [-0.05, 0) is 46.8 Å². The van der Waals surface area contributed by atoms with Crippen molar-refractivity contribution in [2.45, 2.75) is 18.6 Å². The highest BCUT2D eigenvalue weighted by molar-refractivity contribution is 9.10. The van der Waals surface area contributed by atoms with Crippen LogP contribution < -0.4 is 5.32 Å². The van der Waals surface area contributed by atoms with Crippen molar-refractivity contribution in [1.82, 2.24) is 0 Å². The minimum atomic E-state index is -0.917. The van der Waals surface area contributed by atoms with E-state index in [9.17, 15) is 4.79 Å². The zero-order chi connectivity index (χ0) is 12.8. The monoisotopic (exact) mass is 317 g/mol. The number of hydrogen-bond acceptors (Lipinski definition) is 3. The molecule has 0 aliphatic carbocycles. The molecule has 17 heavy (non-hydrogen) atoms. The van der Waals surface area contributed by atoms with Crippen LogP contribution in [-0.2, 0) is 0 Å². The fraction of sp³-hybridized carbons (Fsp3) is 0.417. The molecular formula is C12H16BrNO2S. The van der Waals surface area contributed by atoms with E-state index >= 15 is 0 Å². The molecule has 0 aliphatic heterocycles. The molecule has 0 aromatic heterocycles. The Morgan fingerprint density at radius 3 is 2.82 bits per heavy atom. The summed E-state index contributed by atoms with van der Waals surface area (Å²) in [5, 5.41) is 12.8. The lowest BCUT2D eigenvalue weighted by Crippen LogP contribution is -2.08. The lowest BCUT2D eigenvalue weighted by atomic mass is 10.2. The maximum atomic E-state index is 10.8. The number of carbonyl (C=O) groups is 1. The van der Waals surface area contributed by atoms with E-state index in [-0.39, 0.29) is 5.56 Å². The first-order chi connectivity index (χ1) is 8.04. The van der Waals surface area contributed by atoms with E-state index in [4.69, 9.17) is 5.11 Å². The first-order valence-corrected chi connectivity index (χ1v) is 7.42. The van der Waals surface area contributed by atoms with E-state index in [2.05, 4.69) is 34.4 Å². The lowest BCUT2D eigenvalue weighted by Gasteiger charge is -2.11. The Balaban J connectivity index is 2.56. The van der Waals surface area contributed by atoms with Crippen LogP contribution in [0.2, 0.25) is 0 Å². The van der Waals surface area contributed by atoms with Crippen LogP contribution in [0, 0.1) is 0 Å². The molecule has 0 radical (unpaired) electrons. The van der Waals surface area contributed by atoms with Crippen molar-refractivity contribution >= 4 is 39.3 Å². The van der Waals surface area contributed by atoms with Gasteiger partial charge in [-0.1, -0.05) is 6.92 Å². The summed E-state index contributed by atoms with van der Waals surface area (Å²) in [5.41, 5.74) is 1.23. The highest BCUT2D eigenvalue weighted by Crippen LogP contribution is 2.21. The normalized spacial score (nSPS) is 12.2. The number of hydrogen-bond donors (Lipinski definition) is 2. The number of anilines is 1. The van der Waals surface area contributed by atoms with Gasteiger partial charge in [0.15, 0.2) is 0 Å². The van der Waals surface area contributed by atoms with Crippen molar-refractivity contribution in [2.24, 2.45) is 0 Å². The van der Waals surface area contributed by atoms with Gasteiger partial charge in [-0.15, -0.1) is 0 Å². The molecule has 0 spiro atoms. The maximum absolute atomic E-state index is 10.8. The van der Waals surface area contributed by atoms with Crippen LogP contribution in [0.1, 0.15) is 23.7 Å². The SMILES string of the molecule is CSC(C)CCNc1ccc(C(=O)O)c(Br)c1. The van der Waals surface area contributed by atoms with Gasteiger partial charge >= 0.3 is 5.97 Å². The predicted molar refractivity (Wildman–Crippen MR) is 77.2 cm³/mol. The molecule has 1 atom stereocenters. The molecule has 1 aromatic carbocycles. The third-order valence-corrected chi connectivity index (χ3v) is 4.18. The fourth-order valence-corrected chi connectivity index (χ4v) is 2.24. The van der Waals surface area contributed by atoms with Gasteiger partial charge in [0.05, 0.1) is 5.56 Å². The minimum Gasteiger partial charge on any atom is -0.478 e. The summed E-state index contributed by atoms with van der Waals surface area (Å²) in [6, 6.07) is 5.19. The zero-order valence-corrected chi connectivity index (χ0v) is 12.3. The summed E-state index contributed by atoms with van der Waals surface area (Å²) in [4.78, 5) is 10.8. The van der Waals surface area contributed by atoms with Crippen LogP contribution in [-0.4, -0.2) is 29.1 Å². The maximum Gasteiger partial charge on any atom is 0.336 e. The van der Waals surface area contributed by atoms with Crippen LogP contribution >= 0.6 is 27.7 Å². The molecule has 0 bridgehead atoms. The Labute approximate surface area is 114 Å². The molecule has 0 aliphatic rings. The number of thioether (sulfide) groups is 1. The molecule has 0 saturated heterocycles. The van der Waals surface area contributed by atoms with Crippen LogP contribution in [0.3, 0.4) is 0 Å². The van der Waals surface area contributed by atoms with E-state index in [1.54, 1.807) is 18.2 Å². The number of carboxylic acid groups (broad SMARTS) is 1. The molecule has 1 unspecified atom stereocenters. The molecule has 0 heterocycles. The number of benzene rings is 1. The van der Waals surface area contributed by atoms with Gasteiger partial charge in [0, 0.05) is 22.0 Å². The summed E-state index contributed by atoms with van der Waals surface area (Å²) in [7, 11) is 0. The highest BCUT2D eigenvalue weighted by atomic mass is 79.9. The number of carboxylic acids is 1. The number of nitrogens with one attached hydrogen (secondary N) is 1. The van der Waals surface area contributed by atoms with Gasteiger partial charge < -0.3 is 10.4 Å². The van der Waals surface area contributed by atoms with E-state index < -0.39 is 5.97 Å². The first-order valence-electron chi connectivity index (χ1n) is 5.34. The number of aromatic carboxylic acids is 1. The van der Waals surface area contributed by atoms with Crippen molar-refractivity contribution in [3.63, 3.8) is 0 Å². The topological polar surface area (TPSA) is 49.3 Å². The summed E-state index contributed by atoms with van der Waals surface area (Å²) in [6.45, 7) is 3.08. The molecule has 0 saturated carbocycles. The number of halogens is 1. The fourth-order valence-electron chi connectivity index (χ4n) is 1.34. The van der Waals surface area contributed by atoms with Gasteiger partial charge in [0.25, 0.3) is 0 Å². The van der Waals surface area contributed by atoms with E-state index in [0.29, 0.717) is 9.72 Å². The van der Waals surface area contributed by atoms with Gasteiger partial charge in [-0.25, -0.2) is 4.79 Å². The highest BCUT2D eigenvalue weighted by Gasteiger charge is 2.08. The average Bonchev–Trinajstić information content (AvgIpc) is 2.28. The van der Waals surface area contributed by atoms with Crippen LogP contribution in [0.5, 0.6) is 0 Å². The van der Waals surface area contributed by atoms with Crippen molar-refractivity contribution < 1.29 is 9.90 Å². The standard InChI is InChI=1S/C12H16BrNO2S/c1-8(17-2)5-6-14-9-3-4-10(12(15)16)11(13)7-9/h3-4,7-8,14H,5-6H2,1-2H3,(H,15,16). The van der Waals surface area contributed by atoms with Gasteiger partial charge in [0.1, 0.15) is 0 Å². The largest absolute Gasteiger partial charge is 0.478 e. The Morgan fingerprint density at radius 1 is 1.59 bits per heavy atom. The second-order valence-corrected chi connectivity index (χ2v) is 5.89. The molecule has 1 aromatic rings. The molecule has 94 valence electrons. The van der Waals surface area contributed by atoms with Crippen LogP contribution in [0.4, 0.5) is 5.69 Å². The molecule has 0 amide bonds. The Kier molecular flexibility index (Phi) is 5.85. The van der Waals surface area contributed by atoms with E-state index in [0.717, 1.165) is 18.7 Å². The molecule has 1 rings (SSSR count). The van der Waals surface area contributed by atoms with E-state index in [1.165, 1.54) is 0 Å². The van der Waals surface area contributed by atoms with Crippen molar-refractivity contribution in [2.75, 3.05) is 18.1 Å². The Bertz CT molecular complexity index is 398. The molecular weight excluding hydrogens is 302 g/mol.